The van der Waals surface area contributed by atoms with Gasteiger partial charge in [-0.2, -0.15) is 0 Å². The number of methoxy groups -OCH3 is 2. The van der Waals surface area contributed by atoms with Crippen LogP contribution in [0.4, 0.5) is 11.6 Å². The minimum atomic E-state index is -0.351. The molecule has 2 rings (SSSR count). The average molecular weight is 330 g/mol. The van der Waals surface area contributed by atoms with Crippen LogP contribution in [0.3, 0.4) is 0 Å². The molecule has 1 aromatic heterocycles. The standard InChI is InChI=1S/C17H22N4O3/c1-5-11(2)19-17-18-9-8-13(21-17)16(22)20-14-10-12(23-3)6-7-15(14)24-4/h6-11H,5H2,1-4H3,(H,20,22)(H,18,19,21). The summed E-state index contributed by atoms with van der Waals surface area (Å²) in [6, 6.07) is 6.96. The Morgan fingerprint density at radius 1 is 1.25 bits per heavy atom. The highest BCUT2D eigenvalue weighted by Gasteiger charge is 2.13. The van der Waals surface area contributed by atoms with Crippen molar-refractivity contribution in [2.75, 3.05) is 24.9 Å². The molecule has 0 saturated heterocycles. The predicted octanol–water partition coefficient (Wildman–Crippen LogP) is 2.96. The first-order valence-electron chi connectivity index (χ1n) is 7.70. The van der Waals surface area contributed by atoms with Crippen LogP contribution in [0.2, 0.25) is 0 Å². The molecule has 0 spiro atoms. The number of rotatable bonds is 7. The SMILES string of the molecule is CCC(C)Nc1nccc(C(=O)Nc2cc(OC)ccc2OC)n1. The first kappa shape index (κ1) is 17.5. The molecule has 1 heterocycles. The maximum atomic E-state index is 12.5. The minimum absolute atomic E-state index is 0.224. The van der Waals surface area contributed by atoms with E-state index in [1.807, 2.05) is 6.92 Å². The maximum absolute atomic E-state index is 12.5. The molecule has 7 heteroatoms. The van der Waals surface area contributed by atoms with Crippen molar-refractivity contribution in [3.63, 3.8) is 0 Å². The van der Waals surface area contributed by atoms with Gasteiger partial charge in [-0.15, -0.1) is 0 Å². The van der Waals surface area contributed by atoms with E-state index in [1.165, 1.54) is 7.11 Å². The number of hydrogen-bond acceptors (Lipinski definition) is 6. The van der Waals surface area contributed by atoms with Crippen LogP contribution in [-0.4, -0.2) is 36.1 Å². The number of ether oxygens (including phenoxy) is 2. The second kappa shape index (κ2) is 8.14. The topological polar surface area (TPSA) is 85.4 Å². The van der Waals surface area contributed by atoms with E-state index >= 15 is 0 Å². The van der Waals surface area contributed by atoms with Crippen LogP contribution in [0.25, 0.3) is 0 Å². The summed E-state index contributed by atoms with van der Waals surface area (Å²) in [5.41, 5.74) is 0.776. The molecule has 0 aliphatic carbocycles. The van der Waals surface area contributed by atoms with Gasteiger partial charge in [0, 0.05) is 18.3 Å². The molecule has 1 amide bonds. The van der Waals surface area contributed by atoms with E-state index in [1.54, 1.807) is 37.6 Å². The molecule has 0 saturated carbocycles. The Hall–Kier alpha value is -2.83. The van der Waals surface area contributed by atoms with Crippen LogP contribution in [0.5, 0.6) is 11.5 Å². The molecule has 1 unspecified atom stereocenters. The maximum Gasteiger partial charge on any atom is 0.274 e. The predicted molar refractivity (Wildman–Crippen MR) is 92.9 cm³/mol. The van der Waals surface area contributed by atoms with E-state index < -0.39 is 0 Å². The second-order valence-electron chi connectivity index (χ2n) is 5.24. The lowest BCUT2D eigenvalue weighted by molar-refractivity contribution is 0.102. The zero-order valence-electron chi connectivity index (χ0n) is 14.3. The third-order valence-corrected chi connectivity index (χ3v) is 3.53. The molecular weight excluding hydrogens is 308 g/mol. The molecule has 2 N–H and O–H groups in total. The van der Waals surface area contributed by atoms with Gasteiger partial charge in [0.05, 0.1) is 19.9 Å². The van der Waals surface area contributed by atoms with E-state index in [4.69, 9.17) is 9.47 Å². The molecule has 1 atom stereocenters. The number of aromatic nitrogens is 2. The fourth-order valence-corrected chi connectivity index (χ4v) is 1.98. The van der Waals surface area contributed by atoms with Gasteiger partial charge in [0.15, 0.2) is 0 Å². The summed E-state index contributed by atoms with van der Waals surface area (Å²) in [5, 5.41) is 5.93. The average Bonchev–Trinajstić information content (AvgIpc) is 2.61. The van der Waals surface area contributed by atoms with Crippen molar-refractivity contribution in [3.05, 3.63) is 36.2 Å². The summed E-state index contributed by atoms with van der Waals surface area (Å²) >= 11 is 0. The number of amides is 1. The van der Waals surface area contributed by atoms with E-state index in [0.29, 0.717) is 23.1 Å². The summed E-state index contributed by atoms with van der Waals surface area (Å²) in [4.78, 5) is 20.8. The van der Waals surface area contributed by atoms with E-state index in [-0.39, 0.29) is 17.6 Å². The van der Waals surface area contributed by atoms with Gasteiger partial charge in [0.1, 0.15) is 17.2 Å². The number of carbonyl (C=O) groups is 1. The van der Waals surface area contributed by atoms with Crippen LogP contribution in [0.1, 0.15) is 30.8 Å². The van der Waals surface area contributed by atoms with Crippen molar-refractivity contribution in [3.8, 4) is 11.5 Å². The lowest BCUT2D eigenvalue weighted by Gasteiger charge is -2.13. The lowest BCUT2D eigenvalue weighted by Crippen LogP contribution is -2.19. The number of nitrogens with one attached hydrogen (secondary N) is 2. The fourth-order valence-electron chi connectivity index (χ4n) is 1.98. The van der Waals surface area contributed by atoms with Crippen molar-refractivity contribution >= 4 is 17.5 Å². The number of benzene rings is 1. The molecule has 128 valence electrons. The van der Waals surface area contributed by atoms with Crippen LogP contribution in [0.15, 0.2) is 30.5 Å². The monoisotopic (exact) mass is 330 g/mol. The quantitative estimate of drug-likeness (QED) is 0.812. The molecule has 0 fully saturated rings. The number of carbonyl (C=O) groups excluding carboxylic acids is 1. The Labute approximate surface area is 141 Å². The molecule has 0 aliphatic heterocycles. The Bertz CT molecular complexity index is 706. The number of anilines is 2. The summed E-state index contributed by atoms with van der Waals surface area (Å²) in [6.45, 7) is 4.08. The molecule has 7 nitrogen and oxygen atoms in total. The smallest absolute Gasteiger partial charge is 0.274 e. The Balaban J connectivity index is 2.19. The Morgan fingerprint density at radius 2 is 2.04 bits per heavy atom. The van der Waals surface area contributed by atoms with Crippen LogP contribution in [0, 0.1) is 0 Å². The highest BCUT2D eigenvalue weighted by atomic mass is 16.5. The van der Waals surface area contributed by atoms with Gasteiger partial charge in [-0.05, 0) is 31.5 Å². The van der Waals surface area contributed by atoms with Crippen LogP contribution >= 0.6 is 0 Å². The van der Waals surface area contributed by atoms with Gasteiger partial charge in [-0.25, -0.2) is 9.97 Å². The summed E-state index contributed by atoms with van der Waals surface area (Å²) in [5.74, 6) is 1.23. The van der Waals surface area contributed by atoms with Crippen molar-refractivity contribution in [1.29, 1.82) is 0 Å². The van der Waals surface area contributed by atoms with Crippen molar-refractivity contribution in [2.24, 2.45) is 0 Å². The third kappa shape index (κ3) is 4.34. The molecule has 24 heavy (non-hydrogen) atoms. The third-order valence-electron chi connectivity index (χ3n) is 3.53. The van der Waals surface area contributed by atoms with Crippen molar-refractivity contribution < 1.29 is 14.3 Å². The number of nitrogens with zero attached hydrogens (tertiary/aromatic N) is 2. The van der Waals surface area contributed by atoms with E-state index in [2.05, 4.69) is 27.5 Å². The van der Waals surface area contributed by atoms with Gasteiger partial charge in [0.25, 0.3) is 5.91 Å². The first-order valence-corrected chi connectivity index (χ1v) is 7.70. The summed E-state index contributed by atoms with van der Waals surface area (Å²) in [6.07, 6.45) is 2.48. The zero-order chi connectivity index (χ0) is 17.5. The highest BCUT2D eigenvalue weighted by molar-refractivity contribution is 6.03. The van der Waals surface area contributed by atoms with Crippen LogP contribution in [-0.2, 0) is 0 Å². The van der Waals surface area contributed by atoms with E-state index in [0.717, 1.165) is 6.42 Å². The highest BCUT2D eigenvalue weighted by Crippen LogP contribution is 2.29. The van der Waals surface area contributed by atoms with Gasteiger partial charge < -0.3 is 20.1 Å². The number of hydrogen-bond donors (Lipinski definition) is 2. The van der Waals surface area contributed by atoms with E-state index in [9.17, 15) is 4.79 Å². The summed E-state index contributed by atoms with van der Waals surface area (Å²) in [7, 11) is 3.10. The Kier molecular flexibility index (Phi) is 5.95. The van der Waals surface area contributed by atoms with Gasteiger partial charge in [-0.1, -0.05) is 6.92 Å². The normalized spacial score (nSPS) is 11.5. The molecule has 0 radical (unpaired) electrons. The largest absolute Gasteiger partial charge is 0.497 e. The van der Waals surface area contributed by atoms with Crippen molar-refractivity contribution in [2.45, 2.75) is 26.3 Å². The molecule has 0 bridgehead atoms. The fraction of sp³-hybridized carbons (Fsp3) is 0.353. The van der Waals surface area contributed by atoms with Gasteiger partial charge in [0.2, 0.25) is 5.95 Å². The molecule has 1 aromatic carbocycles. The second-order valence-corrected chi connectivity index (χ2v) is 5.24. The molecular formula is C17H22N4O3. The molecule has 0 aliphatic rings. The minimum Gasteiger partial charge on any atom is -0.497 e. The van der Waals surface area contributed by atoms with Crippen LogP contribution < -0.4 is 20.1 Å². The van der Waals surface area contributed by atoms with Crippen molar-refractivity contribution in [1.82, 2.24) is 9.97 Å². The first-order chi connectivity index (χ1) is 11.6. The lowest BCUT2D eigenvalue weighted by atomic mass is 10.2. The molecule has 2 aromatic rings. The van der Waals surface area contributed by atoms with Gasteiger partial charge >= 0.3 is 0 Å². The zero-order valence-corrected chi connectivity index (χ0v) is 14.3. The Morgan fingerprint density at radius 3 is 2.71 bits per heavy atom. The van der Waals surface area contributed by atoms with Gasteiger partial charge in [-0.3, -0.25) is 4.79 Å². The summed E-state index contributed by atoms with van der Waals surface area (Å²) < 4.78 is 10.4.